The van der Waals surface area contributed by atoms with E-state index in [-0.39, 0.29) is 23.4 Å². The minimum Gasteiger partial charge on any atom is -0.504 e. The van der Waals surface area contributed by atoms with Crippen molar-refractivity contribution in [1.29, 1.82) is 0 Å². The number of ether oxygens (including phenoxy) is 4. The highest BCUT2D eigenvalue weighted by atomic mass is 16.5. The molecule has 6 rings (SSSR count). The summed E-state index contributed by atoms with van der Waals surface area (Å²) in [5.74, 6) is 2.91. The van der Waals surface area contributed by atoms with Crippen molar-refractivity contribution < 1.29 is 24.1 Å². The third kappa shape index (κ3) is 3.46. The van der Waals surface area contributed by atoms with Crippen LogP contribution < -0.4 is 18.9 Å². The van der Waals surface area contributed by atoms with Gasteiger partial charge in [-0.25, -0.2) is 0 Å². The molecule has 0 spiro atoms. The van der Waals surface area contributed by atoms with Crippen LogP contribution in [0.25, 0.3) is 0 Å². The van der Waals surface area contributed by atoms with E-state index in [1.165, 1.54) is 5.56 Å². The molecule has 0 saturated heterocycles. The fourth-order valence-corrected chi connectivity index (χ4v) is 5.47. The van der Waals surface area contributed by atoms with Crippen LogP contribution in [0.3, 0.4) is 0 Å². The van der Waals surface area contributed by atoms with E-state index in [4.69, 9.17) is 18.9 Å². The Morgan fingerprint density at radius 3 is 2.50 bits per heavy atom. The number of hydrogen-bond donors (Lipinski definition) is 1. The molecule has 0 fully saturated rings. The lowest BCUT2D eigenvalue weighted by atomic mass is 9.76. The van der Waals surface area contributed by atoms with Crippen LogP contribution in [-0.2, 0) is 13.0 Å². The highest BCUT2D eigenvalue weighted by Gasteiger charge is 2.51. The van der Waals surface area contributed by atoms with E-state index in [0.717, 1.165) is 46.8 Å². The molecule has 0 bridgehead atoms. The lowest BCUT2D eigenvalue weighted by Gasteiger charge is -2.42. The summed E-state index contributed by atoms with van der Waals surface area (Å²) in [5.41, 5.74) is 3.50. The first-order valence-corrected chi connectivity index (χ1v) is 12.0. The van der Waals surface area contributed by atoms with Gasteiger partial charge >= 0.3 is 0 Å². The maximum absolute atomic E-state index is 10.8. The summed E-state index contributed by atoms with van der Waals surface area (Å²) in [6.45, 7) is 8.77. The van der Waals surface area contributed by atoms with Crippen LogP contribution >= 0.6 is 0 Å². The molecule has 3 aromatic carbocycles. The van der Waals surface area contributed by atoms with Gasteiger partial charge in [-0.15, -0.1) is 0 Å². The third-order valence-electron chi connectivity index (χ3n) is 7.22. The lowest BCUT2D eigenvalue weighted by Crippen LogP contribution is -2.42. The normalized spacial score (nSPS) is 22.7. The maximum Gasteiger partial charge on any atom is 0.165 e. The Balaban J connectivity index is 1.35. The van der Waals surface area contributed by atoms with Gasteiger partial charge in [-0.2, -0.15) is 0 Å². The molecule has 0 aliphatic carbocycles. The van der Waals surface area contributed by atoms with Crippen molar-refractivity contribution in [2.24, 2.45) is 0 Å². The summed E-state index contributed by atoms with van der Waals surface area (Å²) in [5, 5.41) is 10.8. The lowest BCUT2D eigenvalue weighted by molar-refractivity contribution is 0.0116. The van der Waals surface area contributed by atoms with Crippen LogP contribution in [-0.4, -0.2) is 16.3 Å². The third-order valence-corrected chi connectivity index (χ3v) is 7.22. The van der Waals surface area contributed by atoms with E-state index in [1.54, 1.807) is 6.07 Å². The number of hydrogen-bond acceptors (Lipinski definition) is 5. The summed E-state index contributed by atoms with van der Waals surface area (Å²) in [6, 6.07) is 17.7. The zero-order valence-corrected chi connectivity index (χ0v) is 20.1. The molecule has 0 radical (unpaired) electrons. The zero-order chi connectivity index (χ0) is 23.7. The molecule has 5 heteroatoms. The molecule has 1 N–H and O–H groups in total. The zero-order valence-electron chi connectivity index (χ0n) is 20.1. The van der Waals surface area contributed by atoms with E-state index in [1.807, 2.05) is 42.5 Å². The van der Waals surface area contributed by atoms with Crippen molar-refractivity contribution in [1.82, 2.24) is 0 Å². The van der Waals surface area contributed by atoms with E-state index >= 15 is 0 Å². The second-order valence-corrected chi connectivity index (χ2v) is 10.7. The van der Waals surface area contributed by atoms with Gasteiger partial charge in [-0.05, 0) is 63.8 Å². The first kappa shape index (κ1) is 21.2. The molecule has 3 aliphatic heterocycles. The molecule has 176 valence electrons. The van der Waals surface area contributed by atoms with Gasteiger partial charge in [0, 0.05) is 23.3 Å². The van der Waals surface area contributed by atoms with Gasteiger partial charge < -0.3 is 24.1 Å². The van der Waals surface area contributed by atoms with Gasteiger partial charge in [0.15, 0.2) is 11.5 Å². The average Bonchev–Trinajstić information content (AvgIpc) is 3.16. The van der Waals surface area contributed by atoms with Crippen molar-refractivity contribution >= 4 is 0 Å². The highest BCUT2D eigenvalue weighted by molar-refractivity contribution is 5.59. The summed E-state index contributed by atoms with van der Waals surface area (Å²) in [4.78, 5) is 0. The second-order valence-electron chi connectivity index (χ2n) is 10.7. The molecule has 0 aromatic heterocycles. The standard InChI is InChI=1S/C29H30O5/c1-28(2)11-10-18-12-20-24(14-22(18)33-28)34-29(3,4)26-19-13-21(30)25(15-23(19)32-27(20)26)31-16-17-8-6-5-7-9-17/h5-9,12-15,26-27,30H,10-11,16H2,1-4H3. The SMILES string of the molecule is CC1(C)CCc2cc3c(cc2O1)OC(C)(C)C1c2cc(O)c(OCc4ccccc4)cc2OC31. The predicted octanol–water partition coefficient (Wildman–Crippen LogP) is 6.46. The average molecular weight is 459 g/mol. The van der Waals surface area contributed by atoms with Crippen LogP contribution in [0, 0.1) is 0 Å². The second kappa shape index (κ2) is 7.33. The van der Waals surface area contributed by atoms with Crippen molar-refractivity contribution in [2.75, 3.05) is 0 Å². The van der Waals surface area contributed by atoms with Gasteiger partial charge in [0.2, 0.25) is 0 Å². The summed E-state index contributed by atoms with van der Waals surface area (Å²) < 4.78 is 25.3. The summed E-state index contributed by atoms with van der Waals surface area (Å²) in [6.07, 6.45) is 1.73. The fourth-order valence-electron chi connectivity index (χ4n) is 5.47. The van der Waals surface area contributed by atoms with E-state index in [0.29, 0.717) is 12.4 Å². The maximum atomic E-state index is 10.8. The van der Waals surface area contributed by atoms with Crippen molar-refractivity contribution in [3.05, 3.63) is 76.9 Å². The van der Waals surface area contributed by atoms with Crippen LogP contribution in [0.5, 0.6) is 28.7 Å². The Hall–Kier alpha value is -3.34. The number of benzene rings is 3. The Morgan fingerprint density at radius 2 is 1.71 bits per heavy atom. The molecular weight excluding hydrogens is 428 g/mol. The van der Waals surface area contributed by atoms with E-state index in [2.05, 4.69) is 33.8 Å². The fraction of sp³-hybridized carbons (Fsp3) is 0.379. The summed E-state index contributed by atoms with van der Waals surface area (Å²) in [7, 11) is 0. The monoisotopic (exact) mass is 458 g/mol. The minimum absolute atomic E-state index is 0.0527. The number of aromatic hydroxyl groups is 1. The van der Waals surface area contributed by atoms with E-state index < -0.39 is 5.60 Å². The summed E-state index contributed by atoms with van der Waals surface area (Å²) >= 11 is 0. The Morgan fingerprint density at radius 1 is 0.912 bits per heavy atom. The topological polar surface area (TPSA) is 57.2 Å². The molecule has 34 heavy (non-hydrogen) atoms. The Kier molecular flexibility index (Phi) is 4.57. The molecule has 3 heterocycles. The largest absolute Gasteiger partial charge is 0.504 e. The molecular formula is C29H30O5. The molecule has 5 nitrogen and oxygen atoms in total. The van der Waals surface area contributed by atoms with Gasteiger partial charge in [0.05, 0.1) is 5.92 Å². The quantitative estimate of drug-likeness (QED) is 0.488. The first-order chi connectivity index (χ1) is 16.2. The number of aryl methyl sites for hydroxylation is 1. The van der Waals surface area contributed by atoms with Crippen LogP contribution in [0.1, 0.15) is 68.4 Å². The van der Waals surface area contributed by atoms with Crippen LogP contribution in [0.15, 0.2) is 54.6 Å². The Bertz CT molecular complexity index is 1260. The molecule has 2 unspecified atom stereocenters. The van der Waals surface area contributed by atoms with Crippen molar-refractivity contribution in [2.45, 2.75) is 70.4 Å². The predicted molar refractivity (Wildman–Crippen MR) is 129 cm³/mol. The Labute approximate surface area is 200 Å². The minimum atomic E-state index is -0.528. The molecule has 3 aromatic rings. The van der Waals surface area contributed by atoms with Crippen LogP contribution in [0.2, 0.25) is 0 Å². The van der Waals surface area contributed by atoms with Gasteiger partial charge in [0.1, 0.15) is 41.2 Å². The van der Waals surface area contributed by atoms with E-state index in [9.17, 15) is 5.11 Å². The van der Waals surface area contributed by atoms with Crippen molar-refractivity contribution in [3.8, 4) is 28.7 Å². The van der Waals surface area contributed by atoms with Crippen molar-refractivity contribution in [3.63, 3.8) is 0 Å². The first-order valence-electron chi connectivity index (χ1n) is 12.0. The number of phenolic OH excluding ortho intramolecular Hbond substituents is 1. The molecule has 3 aliphatic rings. The number of rotatable bonds is 3. The number of phenols is 1. The van der Waals surface area contributed by atoms with Gasteiger partial charge in [-0.1, -0.05) is 30.3 Å². The van der Waals surface area contributed by atoms with Gasteiger partial charge in [-0.3, -0.25) is 0 Å². The molecule has 0 amide bonds. The molecule has 0 saturated carbocycles. The highest BCUT2D eigenvalue weighted by Crippen LogP contribution is 2.59. The molecule has 2 atom stereocenters. The smallest absolute Gasteiger partial charge is 0.165 e. The number of fused-ring (bicyclic) bond motifs is 6. The van der Waals surface area contributed by atoms with Gasteiger partial charge in [0.25, 0.3) is 0 Å². The van der Waals surface area contributed by atoms with Crippen LogP contribution in [0.4, 0.5) is 0 Å².